The molecule has 1 aliphatic rings. The van der Waals surface area contributed by atoms with E-state index < -0.39 is 7.12 Å². The maximum absolute atomic E-state index is 6.09. The van der Waals surface area contributed by atoms with Gasteiger partial charge in [0.1, 0.15) is 0 Å². The van der Waals surface area contributed by atoms with Crippen LogP contribution in [0.15, 0.2) is 12.1 Å². The topological polar surface area (TPSA) is 47.1 Å². The summed E-state index contributed by atoms with van der Waals surface area (Å²) in [5.74, 6) is 0. The molecule has 0 atom stereocenters. The molecule has 1 aromatic carbocycles. The van der Waals surface area contributed by atoms with Crippen molar-refractivity contribution in [1.82, 2.24) is 10.2 Å². The summed E-state index contributed by atoms with van der Waals surface area (Å²) in [6, 6.07) is 4.24. The monoisotopic (exact) mass is 272 g/mol. The van der Waals surface area contributed by atoms with Crippen molar-refractivity contribution in [3.8, 4) is 0 Å². The van der Waals surface area contributed by atoms with Gasteiger partial charge in [-0.1, -0.05) is 0 Å². The standard InChI is InChI=1S/C15H21BN2O2/c1-9-7-11-12(8-10(9)2)17-18-13(11)16-19-14(3,4)15(5,6)20-16/h7-8H,1-6H3,(H,17,18). The second-order valence-corrected chi connectivity index (χ2v) is 6.68. The number of nitrogens with one attached hydrogen (secondary N) is 1. The Bertz CT molecular complexity index is 660. The molecule has 0 spiro atoms. The van der Waals surface area contributed by atoms with Crippen LogP contribution in [0.2, 0.25) is 0 Å². The normalized spacial score (nSPS) is 20.8. The molecule has 4 nitrogen and oxygen atoms in total. The van der Waals surface area contributed by atoms with Crippen LogP contribution in [0.25, 0.3) is 10.9 Å². The number of hydrogen-bond acceptors (Lipinski definition) is 3. The second-order valence-electron chi connectivity index (χ2n) is 6.68. The predicted molar refractivity (Wildman–Crippen MR) is 81.3 cm³/mol. The summed E-state index contributed by atoms with van der Waals surface area (Å²) in [5.41, 5.74) is 3.67. The molecule has 0 amide bonds. The molecular weight excluding hydrogens is 251 g/mol. The van der Waals surface area contributed by atoms with Gasteiger partial charge in [-0.25, -0.2) is 0 Å². The molecule has 1 N–H and O–H groups in total. The number of aromatic nitrogens is 2. The molecular formula is C15H21BN2O2. The van der Waals surface area contributed by atoms with E-state index in [4.69, 9.17) is 9.31 Å². The van der Waals surface area contributed by atoms with Crippen LogP contribution in [0.5, 0.6) is 0 Å². The third-order valence-corrected chi connectivity index (χ3v) is 4.69. The van der Waals surface area contributed by atoms with Crippen molar-refractivity contribution in [1.29, 1.82) is 0 Å². The van der Waals surface area contributed by atoms with Gasteiger partial charge in [0.05, 0.1) is 22.3 Å². The third-order valence-electron chi connectivity index (χ3n) is 4.69. The molecule has 2 heterocycles. The second kappa shape index (κ2) is 4.09. The highest BCUT2D eigenvalue weighted by Crippen LogP contribution is 2.36. The van der Waals surface area contributed by atoms with Crippen LogP contribution in [-0.4, -0.2) is 28.5 Å². The number of aromatic amines is 1. The molecule has 0 aliphatic carbocycles. The van der Waals surface area contributed by atoms with Crippen LogP contribution in [0.4, 0.5) is 0 Å². The lowest BCUT2D eigenvalue weighted by Crippen LogP contribution is -2.41. The largest absolute Gasteiger partial charge is 0.514 e. The number of hydrogen-bond donors (Lipinski definition) is 1. The molecule has 5 heteroatoms. The Morgan fingerprint density at radius 3 is 2.15 bits per heavy atom. The van der Waals surface area contributed by atoms with Gasteiger partial charge in [-0.3, -0.25) is 5.10 Å². The van der Waals surface area contributed by atoms with E-state index in [2.05, 4.69) is 63.9 Å². The SMILES string of the molecule is Cc1cc2n[nH]c(B3OC(C)(C)C(C)(C)O3)c2cc1C. The first-order valence-corrected chi connectivity index (χ1v) is 7.02. The molecule has 1 saturated heterocycles. The van der Waals surface area contributed by atoms with Gasteiger partial charge >= 0.3 is 7.12 Å². The fourth-order valence-electron chi connectivity index (χ4n) is 2.43. The van der Waals surface area contributed by atoms with Crippen LogP contribution in [0.3, 0.4) is 0 Å². The number of rotatable bonds is 1. The Morgan fingerprint density at radius 2 is 1.55 bits per heavy atom. The van der Waals surface area contributed by atoms with Crippen LogP contribution in [0.1, 0.15) is 38.8 Å². The van der Waals surface area contributed by atoms with Crippen molar-refractivity contribution in [2.24, 2.45) is 0 Å². The van der Waals surface area contributed by atoms with Crippen LogP contribution < -0.4 is 5.59 Å². The van der Waals surface area contributed by atoms with E-state index in [0.717, 1.165) is 16.5 Å². The Hall–Kier alpha value is -1.33. The number of aryl methyl sites for hydroxylation is 2. The number of nitrogens with zero attached hydrogens (tertiary/aromatic N) is 1. The summed E-state index contributed by atoms with van der Waals surface area (Å²) >= 11 is 0. The molecule has 3 rings (SSSR count). The number of fused-ring (bicyclic) bond motifs is 1. The maximum atomic E-state index is 6.09. The van der Waals surface area contributed by atoms with Crippen LogP contribution in [-0.2, 0) is 9.31 Å². The van der Waals surface area contributed by atoms with Crippen LogP contribution in [0, 0.1) is 13.8 Å². The summed E-state index contributed by atoms with van der Waals surface area (Å²) in [6.45, 7) is 12.4. The average molecular weight is 272 g/mol. The molecule has 2 aromatic rings. The maximum Gasteiger partial charge on any atom is 0.514 e. The van der Waals surface area contributed by atoms with E-state index in [0.29, 0.717) is 0 Å². The van der Waals surface area contributed by atoms with Gasteiger partial charge in [0.25, 0.3) is 0 Å². The van der Waals surface area contributed by atoms with E-state index in [1.54, 1.807) is 0 Å². The highest BCUT2D eigenvalue weighted by Gasteiger charge is 2.52. The number of H-pyrrole nitrogens is 1. The van der Waals surface area contributed by atoms with Gasteiger partial charge in [-0.05, 0) is 64.8 Å². The quantitative estimate of drug-likeness (QED) is 0.811. The predicted octanol–water partition coefficient (Wildman–Crippen LogP) is 2.48. The Morgan fingerprint density at radius 1 is 1.00 bits per heavy atom. The van der Waals surface area contributed by atoms with E-state index in [1.807, 2.05) is 0 Å². The molecule has 1 aromatic heterocycles. The van der Waals surface area contributed by atoms with Crippen molar-refractivity contribution in [2.45, 2.75) is 52.7 Å². The van der Waals surface area contributed by atoms with Gasteiger partial charge < -0.3 is 9.31 Å². The van der Waals surface area contributed by atoms with Crippen LogP contribution >= 0.6 is 0 Å². The first kappa shape index (κ1) is 13.6. The fraction of sp³-hybridized carbons (Fsp3) is 0.533. The zero-order chi connectivity index (χ0) is 14.7. The zero-order valence-corrected chi connectivity index (χ0v) is 13.0. The minimum absolute atomic E-state index is 0.338. The Labute approximate surface area is 120 Å². The molecule has 1 fully saturated rings. The van der Waals surface area contributed by atoms with Crippen molar-refractivity contribution in [3.63, 3.8) is 0 Å². The fourth-order valence-corrected chi connectivity index (χ4v) is 2.43. The molecule has 0 bridgehead atoms. The van der Waals surface area contributed by atoms with Crippen molar-refractivity contribution >= 4 is 23.6 Å². The summed E-state index contributed by atoms with van der Waals surface area (Å²) in [7, 11) is -0.396. The van der Waals surface area contributed by atoms with Gasteiger partial charge in [-0.15, -0.1) is 0 Å². The summed E-state index contributed by atoms with van der Waals surface area (Å²) in [5, 5.41) is 8.54. The minimum atomic E-state index is -0.396. The average Bonchev–Trinajstić information content (AvgIpc) is 2.79. The zero-order valence-electron chi connectivity index (χ0n) is 13.0. The molecule has 106 valence electrons. The first-order valence-electron chi connectivity index (χ1n) is 7.02. The first-order chi connectivity index (χ1) is 9.21. The molecule has 1 aliphatic heterocycles. The Balaban J connectivity index is 2.06. The smallest absolute Gasteiger partial charge is 0.398 e. The summed E-state index contributed by atoms with van der Waals surface area (Å²) in [4.78, 5) is 0. The number of benzene rings is 1. The van der Waals surface area contributed by atoms with Gasteiger partial charge in [0, 0.05) is 5.39 Å². The van der Waals surface area contributed by atoms with E-state index in [9.17, 15) is 0 Å². The molecule has 20 heavy (non-hydrogen) atoms. The van der Waals surface area contributed by atoms with Gasteiger partial charge in [0.15, 0.2) is 0 Å². The Kier molecular flexibility index (Phi) is 2.79. The van der Waals surface area contributed by atoms with E-state index in [1.165, 1.54) is 11.1 Å². The summed E-state index contributed by atoms with van der Waals surface area (Å²) < 4.78 is 12.2. The van der Waals surface area contributed by atoms with Gasteiger partial charge in [-0.2, -0.15) is 5.10 Å². The van der Waals surface area contributed by atoms with Crippen molar-refractivity contribution in [3.05, 3.63) is 23.3 Å². The van der Waals surface area contributed by atoms with Crippen molar-refractivity contribution < 1.29 is 9.31 Å². The van der Waals surface area contributed by atoms with Gasteiger partial charge in [0.2, 0.25) is 0 Å². The lowest BCUT2D eigenvalue weighted by molar-refractivity contribution is 0.00578. The third kappa shape index (κ3) is 1.88. The highest BCUT2D eigenvalue weighted by molar-refractivity contribution is 6.64. The highest BCUT2D eigenvalue weighted by atomic mass is 16.7. The molecule has 0 unspecified atom stereocenters. The summed E-state index contributed by atoms with van der Waals surface area (Å²) in [6.07, 6.45) is 0. The van der Waals surface area contributed by atoms with Crippen molar-refractivity contribution in [2.75, 3.05) is 0 Å². The lowest BCUT2D eigenvalue weighted by atomic mass is 9.82. The minimum Gasteiger partial charge on any atom is -0.398 e. The van der Waals surface area contributed by atoms with E-state index >= 15 is 0 Å². The molecule has 0 saturated carbocycles. The molecule has 0 radical (unpaired) electrons. The lowest BCUT2D eigenvalue weighted by Gasteiger charge is -2.32. The van der Waals surface area contributed by atoms with E-state index in [-0.39, 0.29) is 11.2 Å².